The third kappa shape index (κ3) is 3.61. The van der Waals surface area contributed by atoms with Gasteiger partial charge < -0.3 is 9.30 Å². The Morgan fingerprint density at radius 1 is 1.22 bits per heavy atom. The lowest BCUT2D eigenvalue weighted by atomic mass is 10.1. The molecule has 0 saturated carbocycles. The van der Waals surface area contributed by atoms with Crippen molar-refractivity contribution in [1.82, 2.24) is 4.57 Å². The van der Waals surface area contributed by atoms with Gasteiger partial charge in [-0.15, -0.1) is 6.58 Å². The van der Waals surface area contributed by atoms with Crippen molar-refractivity contribution in [3.05, 3.63) is 76.1 Å². The van der Waals surface area contributed by atoms with Crippen LogP contribution in [-0.4, -0.2) is 23.6 Å². The molecule has 0 spiro atoms. The summed E-state index contributed by atoms with van der Waals surface area (Å²) < 4.78 is 7.81. The number of aromatic nitrogens is 1. The molecule has 2 aromatic carbocycles. The highest BCUT2D eigenvalue weighted by molar-refractivity contribution is 7.16. The van der Waals surface area contributed by atoms with Gasteiger partial charge in [0.25, 0.3) is 5.91 Å². The van der Waals surface area contributed by atoms with Crippen molar-refractivity contribution in [2.75, 3.05) is 7.11 Å². The predicted molar refractivity (Wildman–Crippen MR) is 107 cm³/mol. The quantitative estimate of drug-likeness (QED) is 0.507. The molecule has 0 saturated heterocycles. The van der Waals surface area contributed by atoms with Crippen molar-refractivity contribution in [1.29, 1.82) is 0 Å². The molecule has 1 aromatic heterocycles. The number of esters is 1. The first-order valence-electron chi connectivity index (χ1n) is 8.44. The zero-order chi connectivity index (χ0) is 19.6. The molecule has 0 unspecified atom stereocenters. The predicted octanol–water partition coefficient (Wildman–Crippen LogP) is 4.03. The summed E-state index contributed by atoms with van der Waals surface area (Å²) in [6.07, 6.45) is 1.77. The summed E-state index contributed by atoms with van der Waals surface area (Å²) in [6.45, 7) is 8.43. The summed E-state index contributed by atoms with van der Waals surface area (Å²) in [6, 6.07) is 10.7. The lowest BCUT2D eigenvalue weighted by molar-refractivity contribution is 0.0597. The second kappa shape index (κ2) is 7.72. The number of amides is 1. The van der Waals surface area contributed by atoms with Crippen LogP contribution in [0, 0.1) is 13.8 Å². The maximum absolute atomic E-state index is 12.8. The number of aryl methyl sites for hydroxylation is 2. The van der Waals surface area contributed by atoms with Gasteiger partial charge in [0.2, 0.25) is 0 Å². The van der Waals surface area contributed by atoms with Crippen molar-refractivity contribution in [2.45, 2.75) is 20.4 Å². The molecule has 0 fully saturated rings. The molecule has 0 atom stereocenters. The molecule has 1 heterocycles. The number of rotatable bonds is 4. The van der Waals surface area contributed by atoms with Gasteiger partial charge in [0.1, 0.15) is 0 Å². The van der Waals surface area contributed by atoms with Crippen LogP contribution in [0.25, 0.3) is 10.2 Å². The second-order valence-electron chi connectivity index (χ2n) is 6.17. The standard InChI is InChI=1S/C21H20N2O3S/c1-5-10-23-17-12-13(2)11-14(3)18(17)27-21(23)22-19(24)15-8-6-7-9-16(15)20(25)26-4/h5-9,11-12H,1,10H2,2-4H3. The number of allylic oxidation sites excluding steroid dienone is 1. The van der Waals surface area contributed by atoms with Gasteiger partial charge in [-0.05, 0) is 43.2 Å². The molecular formula is C21H20N2O3S. The van der Waals surface area contributed by atoms with E-state index in [0.717, 1.165) is 21.3 Å². The summed E-state index contributed by atoms with van der Waals surface area (Å²) in [4.78, 5) is 29.7. The lowest BCUT2D eigenvalue weighted by Crippen LogP contribution is -2.17. The van der Waals surface area contributed by atoms with E-state index in [4.69, 9.17) is 4.74 Å². The van der Waals surface area contributed by atoms with Gasteiger partial charge in [0.15, 0.2) is 4.80 Å². The first kappa shape index (κ1) is 18.8. The van der Waals surface area contributed by atoms with Gasteiger partial charge in [-0.25, -0.2) is 4.79 Å². The second-order valence-corrected chi connectivity index (χ2v) is 7.15. The van der Waals surface area contributed by atoms with E-state index >= 15 is 0 Å². The fourth-order valence-corrected chi connectivity index (χ4v) is 4.10. The van der Waals surface area contributed by atoms with Crippen LogP contribution < -0.4 is 4.80 Å². The highest BCUT2D eigenvalue weighted by atomic mass is 32.1. The van der Waals surface area contributed by atoms with E-state index in [2.05, 4.69) is 23.7 Å². The fourth-order valence-electron chi connectivity index (χ4n) is 3.01. The molecular weight excluding hydrogens is 360 g/mol. The minimum atomic E-state index is -0.559. The number of hydrogen-bond acceptors (Lipinski definition) is 4. The third-order valence-corrected chi connectivity index (χ3v) is 5.42. The Morgan fingerprint density at radius 2 is 1.93 bits per heavy atom. The molecule has 138 valence electrons. The molecule has 27 heavy (non-hydrogen) atoms. The first-order valence-corrected chi connectivity index (χ1v) is 9.25. The summed E-state index contributed by atoms with van der Waals surface area (Å²) in [5.74, 6) is -1.04. The number of ether oxygens (including phenoxy) is 1. The number of methoxy groups -OCH3 is 1. The maximum Gasteiger partial charge on any atom is 0.338 e. The van der Waals surface area contributed by atoms with Crippen LogP contribution in [-0.2, 0) is 11.3 Å². The molecule has 0 aliphatic rings. The topological polar surface area (TPSA) is 60.7 Å². The SMILES string of the molecule is C=CCn1c(=NC(=O)c2ccccc2C(=O)OC)sc2c(C)cc(C)cc21. The van der Waals surface area contributed by atoms with E-state index in [0.29, 0.717) is 11.3 Å². The Labute approximate surface area is 161 Å². The van der Waals surface area contributed by atoms with Crippen LogP contribution in [0.5, 0.6) is 0 Å². The van der Waals surface area contributed by atoms with Crippen molar-refractivity contribution < 1.29 is 14.3 Å². The van der Waals surface area contributed by atoms with Crippen LogP contribution >= 0.6 is 11.3 Å². The van der Waals surface area contributed by atoms with Crippen LogP contribution in [0.4, 0.5) is 0 Å². The summed E-state index contributed by atoms with van der Waals surface area (Å²) in [5.41, 5.74) is 3.73. The minimum Gasteiger partial charge on any atom is -0.465 e. The average molecular weight is 380 g/mol. The number of nitrogens with zero attached hydrogens (tertiary/aromatic N) is 2. The average Bonchev–Trinajstić information content (AvgIpc) is 2.99. The Balaban J connectivity index is 2.21. The Kier molecular flexibility index (Phi) is 5.37. The molecule has 6 heteroatoms. The normalized spacial score (nSPS) is 11.6. The number of carbonyl (C=O) groups excluding carboxylic acids is 2. The third-order valence-electron chi connectivity index (χ3n) is 4.19. The van der Waals surface area contributed by atoms with E-state index in [1.807, 2.05) is 18.4 Å². The number of hydrogen-bond donors (Lipinski definition) is 0. The largest absolute Gasteiger partial charge is 0.465 e. The van der Waals surface area contributed by atoms with Gasteiger partial charge in [0, 0.05) is 6.54 Å². The number of thiazole rings is 1. The Morgan fingerprint density at radius 3 is 2.59 bits per heavy atom. The van der Waals surface area contributed by atoms with Gasteiger partial charge in [-0.1, -0.05) is 35.6 Å². The number of carbonyl (C=O) groups is 2. The van der Waals surface area contributed by atoms with Crippen molar-refractivity contribution in [2.24, 2.45) is 4.99 Å². The molecule has 0 radical (unpaired) electrons. The van der Waals surface area contributed by atoms with Crippen LogP contribution in [0.2, 0.25) is 0 Å². The van der Waals surface area contributed by atoms with E-state index in [9.17, 15) is 9.59 Å². The highest BCUT2D eigenvalue weighted by Gasteiger charge is 2.17. The van der Waals surface area contributed by atoms with Crippen LogP contribution in [0.15, 0.2) is 54.0 Å². The smallest absolute Gasteiger partial charge is 0.338 e. The van der Waals surface area contributed by atoms with Gasteiger partial charge in [-0.2, -0.15) is 4.99 Å². The molecule has 1 amide bonds. The van der Waals surface area contributed by atoms with Crippen molar-refractivity contribution >= 4 is 33.4 Å². The first-order chi connectivity index (χ1) is 13.0. The summed E-state index contributed by atoms with van der Waals surface area (Å²) in [5, 5.41) is 0. The molecule has 5 nitrogen and oxygen atoms in total. The summed E-state index contributed by atoms with van der Waals surface area (Å²) >= 11 is 1.45. The zero-order valence-electron chi connectivity index (χ0n) is 15.5. The number of fused-ring (bicyclic) bond motifs is 1. The fraction of sp³-hybridized carbons (Fsp3) is 0.190. The maximum atomic E-state index is 12.8. The molecule has 0 bridgehead atoms. The van der Waals surface area contributed by atoms with Crippen LogP contribution in [0.1, 0.15) is 31.8 Å². The Bertz CT molecular complexity index is 1120. The zero-order valence-corrected chi connectivity index (χ0v) is 16.3. The molecule has 3 aromatic rings. The van der Waals surface area contributed by atoms with E-state index in [-0.39, 0.29) is 11.1 Å². The monoisotopic (exact) mass is 380 g/mol. The van der Waals surface area contributed by atoms with Crippen molar-refractivity contribution in [3.63, 3.8) is 0 Å². The van der Waals surface area contributed by atoms with Gasteiger partial charge in [-0.3, -0.25) is 4.79 Å². The number of benzene rings is 2. The van der Waals surface area contributed by atoms with Crippen molar-refractivity contribution in [3.8, 4) is 0 Å². The van der Waals surface area contributed by atoms with E-state index in [1.165, 1.54) is 18.4 Å². The molecule has 0 N–H and O–H groups in total. The summed E-state index contributed by atoms with van der Waals surface area (Å²) in [7, 11) is 1.29. The Hall–Kier alpha value is -2.99. The van der Waals surface area contributed by atoms with Gasteiger partial charge >= 0.3 is 5.97 Å². The minimum absolute atomic E-state index is 0.206. The van der Waals surface area contributed by atoms with E-state index in [1.54, 1.807) is 30.3 Å². The van der Waals surface area contributed by atoms with E-state index < -0.39 is 11.9 Å². The molecule has 0 aliphatic heterocycles. The lowest BCUT2D eigenvalue weighted by Gasteiger charge is -2.05. The van der Waals surface area contributed by atoms with Crippen LogP contribution in [0.3, 0.4) is 0 Å². The molecule has 3 rings (SSSR count). The molecule has 0 aliphatic carbocycles. The van der Waals surface area contributed by atoms with Gasteiger partial charge in [0.05, 0.1) is 28.5 Å². The highest BCUT2D eigenvalue weighted by Crippen LogP contribution is 2.23.